The molecule has 0 amide bonds. The van der Waals surface area contributed by atoms with Crippen molar-refractivity contribution in [2.75, 3.05) is 24.5 Å². The van der Waals surface area contributed by atoms with E-state index in [4.69, 9.17) is 0 Å². The Kier molecular flexibility index (Phi) is 5.47. The number of rotatable bonds is 5. The molecule has 1 heterocycles. The van der Waals surface area contributed by atoms with Gasteiger partial charge >= 0.3 is 0 Å². The van der Waals surface area contributed by atoms with E-state index >= 15 is 0 Å². The van der Waals surface area contributed by atoms with E-state index in [0.29, 0.717) is 12.0 Å². The van der Waals surface area contributed by atoms with Crippen molar-refractivity contribution in [1.29, 1.82) is 0 Å². The third-order valence-electron chi connectivity index (χ3n) is 4.21. The van der Waals surface area contributed by atoms with Crippen LogP contribution in [0.3, 0.4) is 0 Å². The Hall–Kier alpha value is -0.580. The SMILES string of the molecule is CCNC(C)c1cc(Br)ccc1N1CCC(C(C)O)C1. The van der Waals surface area contributed by atoms with Crippen LogP contribution in [0.5, 0.6) is 0 Å². The average Bonchev–Trinajstić information content (AvgIpc) is 2.88. The molecule has 4 heteroatoms. The van der Waals surface area contributed by atoms with Gasteiger partial charge in [-0.05, 0) is 50.6 Å². The summed E-state index contributed by atoms with van der Waals surface area (Å²) in [6.45, 7) is 9.18. The maximum absolute atomic E-state index is 9.78. The Morgan fingerprint density at radius 2 is 2.20 bits per heavy atom. The first-order chi connectivity index (χ1) is 9.52. The number of hydrogen-bond acceptors (Lipinski definition) is 3. The van der Waals surface area contributed by atoms with Crippen LogP contribution < -0.4 is 10.2 Å². The van der Waals surface area contributed by atoms with Gasteiger partial charge in [0.1, 0.15) is 0 Å². The third kappa shape index (κ3) is 3.54. The number of hydrogen-bond donors (Lipinski definition) is 2. The number of nitrogens with zero attached hydrogens (tertiary/aromatic N) is 1. The van der Waals surface area contributed by atoms with Gasteiger partial charge in [0, 0.05) is 35.2 Å². The zero-order chi connectivity index (χ0) is 14.7. The highest BCUT2D eigenvalue weighted by Gasteiger charge is 2.28. The highest BCUT2D eigenvalue weighted by atomic mass is 79.9. The maximum atomic E-state index is 9.78. The molecule has 1 aliphatic rings. The Morgan fingerprint density at radius 1 is 1.45 bits per heavy atom. The summed E-state index contributed by atoms with van der Waals surface area (Å²) in [6, 6.07) is 6.83. The van der Waals surface area contributed by atoms with Crippen molar-refractivity contribution in [3.05, 3.63) is 28.2 Å². The molecule has 0 aromatic heterocycles. The number of halogens is 1. The van der Waals surface area contributed by atoms with Gasteiger partial charge < -0.3 is 15.3 Å². The van der Waals surface area contributed by atoms with Crippen LogP contribution in [0.2, 0.25) is 0 Å². The number of nitrogens with one attached hydrogen (secondary N) is 1. The Balaban J connectivity index is 2.23. The fraction of sp³-hybridized carbons (Fsp3) is 0.625. The summed E-state index contributed by atoms with van der Waals surface area (Å²) in [5.74, 6) is 0.390. The predicted octanol–water partition coefficient (Wildman–Crippen LogP) is 3.33. The zero-order valence-corrected chi connectivity index (χ0v) is 14.2. The van der Waals surface area contributed by atoms with Gasteiger partial charge in [-0.25, -0.2) is 0 Å². The van der Waals surface area contributed by atoms with Gasteiger partial charge in [-0.3, -0.25) is 0 Å². The molecule has 1 aliphatic heterocycles. The molecule has 20 heavy (non-hydrogen) atoms. The number of anilines is 1. The van der Waals surface area contributed by atoms with Crippen molar-refractivity contribution in [2.24, 2.45) is 5.92 Å². The normalized spacial score (nSPS) is 22.1. The van der Waals surface area contributed by atoms with Crippen molar-refractivity contribution in [2.45, 2.75) is 39.3 Å². The van der Waals surface area contributed by atoms with E-state index in [0.717, 1.165) is 30.5 Å². The van der Waals surface area contributed by atoms with Crippen LogP contribution in [0, 0.1) is 5.92 Å². The molecule has 1 aromatic rings. The van der Waals surface area contributed by atoms with Gasteiger partial charge in [-0.15, -0.1) is 0 Å². The van der Waals surface area contributed by atoms with E-state index in [1.807, 2.05) is 6.92 Å². The summed E-state index contributed by atoms with van der Waals surface area (Å²) in [7, 11) is 0. The minimum Gasteiger partial charge on any atom is -0.393 e. The molecular formula is C16H25BrN2O. The Bertz CT molecular complexity index is 450. The molecule has 2 rings (SSSR count). The van der Waals surface area contributed by atoms with Crippen LogP contribution in [0.25, 0.3) is 0 Å². The van der Waals surface area contributed by atoms with E-state index in [1.54, 1.807) is 0 Å². The molecule has 2 N–H and O–H groups in total. The lowest BCUT2D eigenvalue weighted by Gasteiger charge is -2.26. The van der Waals surface area contributed by atoms with Crippen molar-refractivity contribution in [3.8, 4) is 0 Å². The Labute approximate surface area is 130 Å². The second-order valence-electron chi connectivity index (χ2n) is 5.72. The van der Waals surface area contributed by atoms with Gasteiger partial charge in [-0.1, -0.05) is 22.9 Å². The van der Waals surface area contributed by atoms with Crippen molar-refractivity contribution in [1.82, 2.24) is 5.32 Å². The fourth-order valence-corrected chi connectivity index (χ4v) is 3.35. The molecule has 1 aromatic carbocycles. The highest BCUT2D eigenvalue weighted by Crippen LogP contribution is 2.33. The molecule has 0 saturated carbocycles. The van der Waals surface area contributed by atoms with Crippen LogP contribution in [-0.4, -0.2) is 30.8 Å². The first kappa shape index (κ1) is 15.8. The van der Waals surface area contributed by atoms with E-state index in [1.165, 1.54) is 11.3 Å². The van der Waals surface area contributed by atoms with Crippen LogP contribution >= 0.6 is 15.9 Å². The molecule has 0 bridgehead atoms. The monoisotopic (exact) mass is 340 g/mol. The molecule has 0 aliphatic carbocycles. The molecule has 112 valence electrons. The zero-order valence-electron chi connectivity index (χ0n) is 12.6. The summed E-state index contributed by atoms with van der Waals surface area (Å²) in [5, 5.41) is 13.3. The molecule has 1 fully saturated rings. The number of benzene rings is 1. The lowest BCUT2D eigenvalue weighted by atomic mass is 10.0. The minimum absolute atomic E-state index is 0.218. The minimum atomic E-state index is -0.218. The number of aliphatic hydroxyl groups excluding tert-OH is 1. The summed E-state index contributed by atoms with van der Waals surface area (Å²) in [4.78, 5) is 2.41. The van der Waals surface area contributed by atoms with Crippen molar-refractivity contribution >= 4 is 21.6 Å². The topological polar surface area (TPSA) is 35.5 Å². The van der Waals surface area contributed by atoms with Gasteiger partial charge in [0.25, 0.3) is 0 Å². The summed E-state index contributed by atoms with van der Waals surface area (Å²) in [6.07, 6.45) is 0.855. The fourth-order valence-electron chi connectivity index (χ4n) is 2.98. The summed E-state index contributed by atoms with van der Waals surface area (Å²) >= 11 is 3.57. The van der Waals surface area contributed by atoms with Gasteiger partial charge in [0.15, 0.2) is 0 Å². The molecule has 3 nitrogen and oxygen atoms in total. The predicted molar refractivity (Wildman–Crippen MR) is 88.2 cm³/mol. The smallest absolute Gasteiger partial charge is 0.0557 e. The summed E-state index contributed by atoms with van der Waals surface area (Å²) < 4.78 is 1.12. The lowest BCUT2D eigenvalue weighted by Crippen LogP contribution is -2.26. The van der Waals surface area contributed by atoms with E-state index in [-0.39, 0.29) is 6.10 Å². The molecular weight excluding hydrogens is 316 g/mol. The molecule has 0 spiro atoms. The standard InChI is InChI=1S/C16H25BrN2O/c1-4-18-11(2)15-9-14(17)5-6-16(15)19-8-7-13(10-19)12(3)20/h5-6,9,11-13,18,20H,4,7-8,10H2,1-3H3. The quantitative estimate of drug-likeness (QED) is 0.862. The summed E-state index contributed by atoms with van der Waals surface area (Å²) in [5.41, 5.74) is 2.62. The van der Waals surface area contributed by atoms with Gasteiger partial charge in [0.05, 0.1) is 6.10 Å². The second-order valence-corrected chi connectivity index (χ2v) is 6.63. The van der Waals surface area contributed by atoms with E-state index in [2.05, 4.69) is 58.2 Å². The first-order valence-electron chi connectivity index (χ1n) is 7.48. The second kappa shape index (κ2) is 6.92. The van der Waals surface area contributed by atoms with Crippen LogP contribution in [0.1, 0.15) is 38.8 Å². The Morgan fingerprint density at radius 3 is 2.80 bits per heavy atom. The average molecular weight is 341 g/mol. The first-order valence-corrected chi connectivity index (χ1v) is 8.28. The van der Waals surface area contributed by atoms with E-state index < -0.39 is 0 Å². The van der Waals surface area contributed by atoms with Crippen molar-refractivity contribution in [3.63, 3.8) is 0 Å². The molecule has 3 unspecified atom stereocenters. The molecule has 3 atom stereocenters. The van der Waals surface area contributed by atoms with Gasteiger partial charge in [-0.2, -0.15) is 0 Å². The molecule has 0 radical (unpaired) electrons. The van der Waals surface area contributed by atoms with Crippen LogP contribution in [0.4, 0.5) is 5.69 Å². The van der Waals surface area contributed by atoms with Crippen molar-refractivity contribution < 1.29 is 5.11 Å². The van der Waals surface area contributed by atoms with E-state index in [9.17, 15) is 5.11 Å². The maximum Gasteiger partial charge on any atom is 0.0557 e. The van der Waals surface area contributed by atoms with Crippen LogP contribution in [0.15, 0.2) is 22.7 Å². The van der Waals surface area contributed by atoms with Crippen LogP contribution in [-0.2, 0) is 0 Å². The largest absolute Gasteiger partial charge is 0.393 e. The molecule has 1 saturated heterocycles. The third-order valence-corrected chi connectivity index (χ3v) is 4.71. The lowest BCUT2D eigenvalue weighted by molar-refractivity contribution is 0.136. The highest BCUT2D eigenvalue weighted by molar-refractivity contribution is 9.10. The number of aliphatic hydroxyl groups is 1. The van der Waals surface area contributed by atoms with Gasteiger partial charge in [0.2, 0.25) is 0 Å².